The molecule has 1 aliphatic heterocycles. The van der Waals surface area contributed by atoms with Crippen LogP contribution in [0.3, 0.4) is 0 Å². The molecular formula is C17H18N4O2S. The number of aryl methyl sites for hydroxylation is 2. The van der Waals surface area contributed by atoms with E-state index < -0.39 is 5.54 Å². The van der Waals surface area contributed by atoms with Gasteiger partial charge in [0, 0.05) is 20.0 Å². The van der Waals surface area contributed by atoms with E-state index in [1.54, 1.807) is 16.5 Å². The van der Waals surface area contributed by atoms with Gasteiger partial charge in [0.05, 0.1) is 16.3 Å². The summed E-state index contributed by atoms with van der Waals surface area (Å²) >= 11 is 1.28. The molecule has 2 aromatic rings. The lowest BCUT2D eigenvalue weighted by molar-refractivity contribution is 0.0502. The van der Waals surface area contributed by atoms with Gasteiger partial charge in [0.2, 0.25) is 0 Å². The van der Waals surface area contributed by atoms with Crippen LogP contribution in [-0.4, -0.2) is 32.9 Å². The van der Waals surface area contributed by atoms with Crippen LogP contribution in [0.2, 0.25) is 0 Å². The molecule has 1 amide bonds. The molecule has 0 aromatic carbocycles. The van der Waals surface area contributed by atoms with Crippen molar-refractivity contribution in [2.75, 3.05) is 7.05 Å². The normalized spacial score (nSPS) is 18.0. The predicted molar refractivity (Wildman–Crippen MR) is 91.2 cm³/mol. The average Bonchev–Trinajstić information content (AvgIpc) is 3.11. The molecule has 1 fully saturated rings. The number of fused-ring (bicyclic) bond motifs is 2. The van der Waals surface area contributed by atoms with Crippen LogP contribution >= 0.6 is 11.3 Å². The van der Waals surface area contributed by atoms with Gasteiger partial charge in [-0.15, -0.1) is 11.3 Å². The van der Waals surface area contributed by atoms with Crippen molar-refractivity contribution in [3.8, 4) is 6.07 Å². The fourth-order valence-corrected chi connectivity index (χ4v) is 4.83. The van der Waals surface area contributed by atoms with Gasteiger partial charge in [0.1, 0.15) is 16.2 Å². The Labute approximate surface area is 143 Å². The SMILES string of the molecule is Cc1c(C(=O)N(C)C2(C#N)CCC2)sc2nc3n(c(=O)c12)CCC3. The molecule has 0 bridgehead atoms. The van der Waals surface area contributed by atoms with Crippen LogP contribution in [0.25, 0.3) is 10.2 Å². The molecule has 2 aliphatic rings. The maximum atomic E-state index is 12.9. The molecule has 3 heterocycles. The molecule has 0 N–H and O–H groups in total. The van der Waals surface area contributed by atoms with Crippen molar-refractivity contribution in [1.82, 2.24) is 14.5 Å². The van der Waals surface area contributed by atoms with Gasteiger partial charge < -0.3 is 4.90 Å². The lowest BCUT2D eigenvalue weighted by atomic mass is 9.76. The van der Waals surface area contributed by atoms with Crippen LogP contribution in [0.1, 0.15) is 46.7 Å². The number of nitrogens with zero attached hydrogens (tertiary/aromatic N) is 4. The van der Waals surface area contributed by atoms with E-state index in [0.717, 1.165) is 25.1 Å². The van der Waals surface area contributed by atoms with Gasteiger partial charge in [-0.3, -0.25) is 14.2 Å². The predicted octanol–water partition coefficient (Wildman–Crippen LogP) is 2.23. The monoisotopic (exact) mass is 342 g/mol. The van der Waals surface area contributed by atoms with E-state index >= 15 is 0 Å². The second-order valence-corrected chi connectivity index (χ2v) is 7.68. The molecule has 124 valence electrons. The third kappa shape index (κ3) is 1.89. The first-order chi connectivity index (χ1) is 11.5. The van der Waals surface area contributed by atoms with Gasteiger partial charge in [-0.1, -0.05) is 0 Å². The number of aromatic nitrogens is 2. The first-order valence-electron chi connectivity index (χ1n) is 8.21. The summed E-state index contributed by atoms with van der Waals surface area (Å²) in [5.41, 5.74) is -0.0373. The summed E-state index contributed by atoms with van der Waals surface area (Å²) in [6.45, 7) is 2.51. The van der Waals surface area contributed by atoms with Crippen LogP contribution in [0.4, 0.5) is 0 Å². The average molecular weight is 342 g/mol. The minimum Gasteiger partial charge on any atom is -0.322 e. The standard InChI is InChI=1S/C17H18N4O2S/c1-10-12-14(19-11-5-3-8-21(11)15(12)22)24-13(10)16(23)20(2)17(9-18)6-4-7-17/h3-8H2,1-2H3. The number of carbonyl (C=O) groups is 1. The number of carbonyl (C=O) groups excluding carboxylic acids is 1. The first-order valence-corrected chi connectivity index (χ1v) is 9.02. The van der Waals surface area contributed by atoms with Crippen LogP contribution in [0.15, 0.2) is 4.79 Å². The molecule has 1 saturated carbocycles. The Hall–Kier alpha value is -2.20. The topological polar surface area (TPSA) is 79.0 Å². The highest BCUT2D eigenvalue weighted by atomic mass is 32.1. The molecule has 24 heavy (non-hydrogen) atoms. The van der Waals surface area contributed by atoms with Crippen molar-refractivity contribution in [1.29, 1.82) is 5.26 Å². The van der Waals surface area contributed by atoms with E-state index in [9.17, 15) is 14.9 Å². The third-order valence-corrected chi connectivity index (χ3v) is 6.61. The second kappa shape index (κ2) is 5.15. The van der Waals surface area contributed by atoms with Gasteiger partial charge in [-0.05, 0) is 38.2 Å². The summed E-state index contributed by atoms with van der Waals surface area (Å²) in [6.07, 6.45) is 4.14. The summed E-state index contributed by atoms with van der Waals surface area (Å²) < 4.78 is 1.72. The Morgan fingerprint density at radius 1 is 1.42 bits per heavy atom. The molecule has 0 spiro atoms. The molecule has 7 heteroatoms. The molecule has 0 saturated heterocycles. The molecule has 0 radical (unpaired) electrons. The van der Waals surface area contributed by atoms with E-state index in [0.29, 0.717) is 40.0 Å². The first kappa shape index (κ1) is 15.3. The third-order valence-electron chi connectivity index (χ3n) is 5.44. The van der Waals surface area contributed by atoms with Gasteiger partial charge in [-0.2, -0.15) is 5.26 Å². The maximum Gasteiger partial charge on any atom is 0.265 e. The minimum absolute atomic E-state index is 0.0402. The number of nitriles is 1. The van der Waals surface area contributed by atoms with Gasteiger partial charge in [-0.25, -0.2) is 4.98 Å². The summed E-state index contributed by atoms with van der Waals surface area (Å²) in [6, 6.07) is 2.29. The van der Waals surface area contributed by atoms with Crippen LogP contribution < -0.4 is 5.56 Å². The Morgan fingerprint density at radius 3 is 2.79 bits per heavy atom. The van der Waals surface area contributed by atoms with Crippen molar-refractivity contribution in [2.45, 2.75) is 51.1 Å². The Morgan fingerprint density at radius 2 is 2.17 bits per heavy atom. The zero-order valence-electron chi connectivity index (χ0n) is 13.8. The number of amides is 1. The summed E-state index contributed by atoms with van der Waals surface area (Å²) in [4.78, 5) is 33.0. The highest BCUT2D eigenvalue weighted by molar-refractivity contribution is 7.20. The fraction of sp³-hybridized carbons (Fsp3) is 0.529. The Bertz CT molecular complexity index is 962. The van der Waals surface area contributed by atoms with Crippen molar-refractivity contribution in [2.24, 2.45) is 0 Å². The van der Waals surface area contributed by atoms with Crippen molar-refractivity contribution >= 4 is 27.5 Å². The van der Waals surface area contributed by atoms with Crippen molar-refractivity contribution in [3.05, 3.63) is 26.6 Å². The van der Waals surface area contributed by atoms with E-state index in [4.69, 9.17) is 0 Å². The number of rotatable bonds is 2. The largest absolute Gasteiger partial charge is 0.322 e. The number of hydrogen-bond donors (Lipinski definition) is 0. The fourth-order valence-electron chi connectivity index (χ4n) is 3.66. The van der Waals surface area contributed by atoms with E-state index in [1.807, 2.05) is 6.92 Å². The number of hydrogen-bond acceptors (Lipinski definition) is 5. The zero-order valence-corrected chi connectivity index (χ0v) is 14.6. The molecule has 1 aliphatic carbocycles. The molecule has 4 rings (SSSR count). The maximum absolute atomic E-state index is 12.9. The molecule has 0 atom stereocenters. The zero-order chi connectivity index (χ0) is 17.1. The Kier molecular flexibility index (Phi) is 3.29. The summed E-state index contributed by atoms with van der Waals surface area (Å²) in [7, 11) is 1.69. The summed E-state index contributed by atoms with van der Waals surface area (Å²) in [5, 5.41) is 10.0. The highest BCUT2D eigenvalue weighted by Gasteiger charge is 2.44. The van der Waals surface area contributed by atoms with E-state index in [2.05, 4.69) is 11.1 Å². The van der Waals surface area contributed by atoms with Gasteiger partial charge >= 0.3 is 0 Å². The van der Waals surface area contributed by atoms with Gasteiger partial charge in [0.15, 0.2) is 0 Å². The lowest BCUT2D eigenvalue weighted by Crippen LogP contribution is -2.53. The van der Waals surface area contributed by atoms with E-state index in [-0.39, 0.29) is 11.5 Å². The van der Waals surface area contributed by atoms with Crippen LogP contribution in [0.5, 0.6) is 0 Å². The smallest absolute Gasteiger partial charge is 0.265 e. The molecule has 2 aromatic heterocycles. The van der Waals surface area contributed by atoms with Crippen molar-refractivity contribution in [3.63, 3.8) is 0 Å². The van der Waals surface area contributed by atoms with Crippen molar-refractivity contribution < 1.29 is 4.79 Å². The highest BCUT2D eigenvalue weighted by Crippen LogP contribution is 2.38. The minimum atomic E-state index is -0.691. The second-order valence-electron chi connectivity index (χ2n) is 6.69. The van der Waals surface area contributed by atoms with E-state index in [1.165, 1.54) is 11.3 Å². The molecule has 0 unspecified atom stereocenters. The summed E-state index contributed by atoms with van der Waals surface area (Å²) in [5.74, 6) is 0.634. The lowest BCUT2D eigenvalue weighted by Gasteiger charge is -2.42. The van der Waals surface area contributed by atoms with Gasteiger partial charge in [0.25, 0.3) is 11.5 Å². The molecule has 6 nitrogen and oxygen atoms in total. The Balaban J connectivity index is 1.82. The van der Waals surface area contributed by atoms with Crippen LogP contribution in [0, 0.1) is 18.3 Å². The quantitative estimate of drug-likeness (QED) is 0.838. The van der Waals surface area contributed by atoms with Crippen LogP contribution in [-0.2, 0) is 13.0 Å². The molecular weight excluding hydrogens is 324 g/mol. The number of thiophene rings is 1.